The topological polar surface area (TPSA) is 29.1 Å². The number of aryl methyl sites for hydroxylation is 1. The number of halogens is 2. The summed E-state index contributed by atoms with van der Waals surface area (Å²) in [5.41, 5.74) is 1.72. The lowest BCUT2D eigenvalue weighted by atomic mass is 10.0. The number of rotatable bonds is 7. The third-order valence-electron chi connectivity index (χ3n) is 3.20. The van der Waals surface area contributed by atoms with E-state index in [0.29, 0.717) is 18.3 Å². The van der Waals surface area contributed by atoms with Crippen molar-refractivity contribution >= 4 is 33.4 Å². The second-order valence-electron chi connectivity index (χ2n) is 4.80. The number of hydrogen-bond acceptors (Lipinski definition) is 1. The summed E-state index contributed by atoms with van der Waals surface area (Å²) < 4.78 is 0.993. The van der Waals surface area contributed by atoms with Crippen molar-refractivity contribution in [1.29, 1.82) is 0 Å². The molecule has 1 aromatic carbocycles. The maximum Gasteiger partial charge on any atom is 0.251 e. The van der Waals surface area contributed by atoms with Gasteiger partial charge in [0.2, 0.25) is 0 Å². The number of carbonyl (C=O) groups is 1. The molecule has 0 saturated heterocycles. The van der Waals surface area contributed by atoms with Crippen molar-refractivity contribution in [3.05, 3.63) is 33.8 Å². The molecule has 19 heavy (non-hydrogen) atoms. The highest BCUT2D eigenvalue weighted by Gasteiger charge is 2.12. The van der Waals surface area contributed by atoms with Gasteiger partial charge < -0.3 is 5.32 Å². The summed E-state index contributed by atoms with van der Waals surface area (Å²) in [6.07, 6.45) is 3.18. The van der Waals surface area contributed by atoms with Gasteiger partial charge in [0.05, 0.1) is 0 Å². The zero-order valence-corrected chi connectivity index (χ0v) is 13.9. The van der Waals surface area contributed by atoms with Crippen molar-refractivity contribution in [2.24, 2.45) is 5.92 Å². The van der Waals surface area contributed by atoms with Crippen LogP contribution in [0.25, 0.3) is 0 Å². The van der Waals surface area contributed by atoms with Crippen molar-refractivity contribution < 1.29 is 4.79 Å². The van der Waals surface area contributed by atoms with Crippen LogP contribution >= 0.6 is 27.5 Å². The standard InChI is InChI=1S/C15H21BrClNO/c1-3-4-12(7-8-17)10-18-15(19)14-6-5-13(16)9-11(14)2/h5-6,9,12H,3-4,7-8,10H2,1-2H3,(H,18,19). The molecule has 0 fully saturated rings. The zero-order valence-electron chi connectivity index (χ0n) is 11.5. The van der Waals surface area contributed by atoms with Gasteiger partial charge >= 0.3 is 0 Å². The van der Waals surface area contributed by atoms with Crippen LogP contribution in [0.2, 0.25) is 0 Å². The molecule has 1 atom stereocenters. The molecule has 0 saturated carbocycles. The van der Waals surface area contributed by atoms with Crippen LogP contribution in [-0.2, 0) is 0 Å². The van der Waals surface area contributed by atoms with Crippen molar-refractivity contribution in [1.82, 2.24) is 5.32 Å². The Kier molecular flexibility index (Phi) is 7.47. The van der Waals surface area contributed by atoms with E-state index in [0.717, 1.165) is 34.9 Å². The van der Waals surface area contributed by atoms with Gasteiger partial charge in [-0.05, 0) is 49.4 Å². The van der Waals surface area contributed by atoms with Crippen molar-refractivity contribution in [2.75, 3.05) is 12.4 Å². The minimum absolute atomic E-state index is 0.000625. The summed E-state index contributed by atoms with van der Waals surface area (Å²) in [5, 5.41) is 3.02. The molecule has 1 N–H and O–H groups in total. The van der Waals surface area contributed by atoms with Crippen molar-refractivity contribution in [3.63, 3.8) is 0 Å². The Bertz CT molecular complexity index is 417. The van der Waals surface area contributed by atoms with Crippen LogP contribution in [-0.4, -0.2) is 18.3 Å². The molecule has 1 unspecified atom stereocenters. The van der Waals surface area contributed by atoms with Gasteiger partial charge in [0.15, 0.2) is 0 Å². The molecule has 0 aliphatic heterocycles. The van der Waals surface area contributed by atoms with Crippen LogP contribution in [0, 0.1) is 12.8 Å². The molecule has 2 nitrogen and oxygen atoms in total. The molecular weight excluding hydrogens is 326 g/mol. The fraction of sp³-hybridized carbons (Fsp3) is 0.533. The van der Waals surface area contributed by atoms with Crippen LogP contribution < -0.4 is 5.32 Å². The van der Waals surface area contributed by atoms with Gasteiger partial charge in [0.25, 0.3) is 5.91 Å². The highest BCUT2D eigenvalue weighted by molar-refractivity contribution is 9.10. The first-order chi connectivity index (χ1) is 9.08. The molecule has 1 amide bonds. The lowest BCUT2D eigenvalue weighted by Crippen LogP contribution is -2.30. The summed E-state index contributed by atoms with van der Waals surface area (Å²) in [6.45, 7) is 4.80. The van der Waals surface area contributed by atoms with Gasteiger partial charge in [0.1, 0.15) is 0 Å². The molecule has 0 aliphatic rings. The minimum atomic E-state index is 0.000625. The van der Waals surface area contributed by atoms with Gasteiger partial charge in [0, 0.05) is 22.5 Å². The average molecular weight is 347 g/mol. The number of hydrogen-bond donors (Lipinski definition) is 1. The SMILES string of the molecule is CCCC(CCCl)CNC(=O)c1ccc(Br)cc1C. The number of nitrogens with one attached hydrogen (secondary N) is 1. The number of amides is 1. The number of benzene rings is 1. The Morgan fingerprint density at radius 1 is 1.42 bits per heavy atom. The number of carbonyl (C=O) groups excluding carboxylic acids is 1. The molecule has 1 rings (SSSR count). The lowest BCUT2D eigenvalue weighted by molar-refractivity contribution is 0.0945. The molecule has 0 aliphatic carbocycles. The molecule has 106 valence electrons. The van der Waals surface area contributed by atoms with E-state index in [-0.39, 0.29) is 5.91 Å². The monoisotopic (exact) mass is 345 g/mol. The Morgan fingerprint density at radius 3 is 2.74 bits per heavy atom. The Hall–Kier alpha value is -0.540. The molecule has 0 heterocycles. The van der Waals surface area contributed by atoms with Gasteiger partial charge in [-0.1, -0.05) is 29.3 Å². The minimum Gasteiger partial charge on any atom is -0.352 e. The normalized spacial score (nSPS) is 12.2. The predicted molar refractivity (Wildman–Crippen MR) is 84.9 cm³/mol. The molecule has 0 radical (unpaired) electrons. The van der Waals surface area contributed by atoms with E-state index in [1.165, 1.54) is 0 Å². The van der Waals surface area contributed by atoms with Crippen LogP contribution in [0.5, 0.6) is 0 Å². The van der Waals surface area contributed by atoms with E-state index in [9.17, 15) is 4.79 Å². The second-order valence-corrected chi connectivity index (χ2v) is 6.10. The van der Waals surface area contributed by atoms with E-state index in [1.807, 2.05) is 25.1 Å². The molecule has 4 heteroatoms. The highest BCUT2D eigenvalue weighted by atomic mass is 79.9. The fourth-order valence-corrected chi connectivity index (χ4v) is 2.91. The first-order valence-electron chi connectivity index (χ1n) is 6.68. The average Bonchev–Trinajstić information content (AvgIpc) is 2.36. The Balaban J connectivity index is 2.58. The predicted octanol–water partition coefficient (Wildman–Crippen LogP) is 4.53. The maximum atomic E-state index is 12.1. The lowest BCUT2D eigenvalue weighted by Gasteiger charge is -2.16. The molecule has 0 aromatic heterocycles. The third-order valence-corrected chi connectivity index (χ3v) is 3.91. The summed E-state index contributed by atoms with van der Waals surface area (Å²) in [5.74, 6) is 1.13. The first-order valence-corrected chi connectivity index (χ1v) is 8.01. The molecule has 0 spiro atoms. The van der Waals surface area contributed by atoms with E-state index >= 15 is 0 Å². The van der Waals surface area contributed by atoms with E-state index < -0.39 is 0 Å². The van der Waals surface area contributed by atoms with Gasteiger partial charge in [-0.25, -0.2) is 0 Å². The highest BCUT2D eigenvalue weighted by Crippen LogP contribution is 2.16. The summed E-state index contributed by atoms with van der Waals surface area (Å²) in [6, 6.07) is 5.70. The van der Waals surface area contributed by atoms with Crippen LogP contribution in [0.1, 0.15) is 42.1 Å². The van der Waals surface area contributed by atoms with Crippen LogP contribution in [0.15, 0.2) is 22.7 Å². The third kappa shape index (κ3) is 5.53. The molecular formula is C15H21BrClNO. The number of alkyl halides is 1. The van der Waals surface area contributed by atoms with Crippen LogP contribution in [0.4, 0.5) is 0 Å². The largest absolute Gasteiger partial charge is 0.352 e. The first kappa shape index (κ1) is 16.5. The summed E-state index contributed by atoms with van der Waals surface area (Å²) >= 11 is 9.19. The van der Waals surface area contributed by atoms with E-state index in [4.69, 9.17) is 11.6 Å². The van der Waals surface area contributed by atoms with Gasteiger partial charge in [-0.15, -0.1) is 11.6 Å². The second kappa shape index (κ2) is 8.60. The fourth-order valence-electron chi connectivity index (χ4n) is 2.13. The van der Waals surface area contributed by atoms with Crippen molar-refractivity contribution in [2.45, 2.75) is 33.1 Å². The van der Waals surface area contributed by atoms with E-state index in [2.05, 4.69) is 28.2 Å². The van der Waals surface area contributed by atoms with Crippen LogP contribution in [0.3, 0.4) is 0 Å². The Labute approximate surface area is 129 Å². The van der Waals surface area contributed by atoms with Crippen molar-refractivity contribution in [3.8, 4) is 0 Å². The van der Waals surface area contributed by atoms with E-state index in [1.54, 1.807) is 0 Å². The maximum absolute atomic E-state index is 12.1. The molecule has 0 bridgehead atoms. The summed E-state index contributed by atoms with van der Waals surface area (Å²) in [7, 11) is 0. The quantitative estimate of drug-likeness (QED) is 0.722. The summed E-state index contributed by atoms with van der Waals surface area (Å²) in [4.78, 5) is 12.1. The molecule has 1 aromatic rings. The zero-order chi connectivity index (χ0) is 14.3. The van der Waals surface area contributed by atoms with Gasteiger partial charge in [-0.2, -0.15) is 0 Å². The smallest absolute Gasteiger partial charge is 0.251 e. The Morgan fingerprint density at radius 2 is 2.16 bits per heavy atom. The van der Waals surface area contributed by atoms with Gasteiger partial charge in [-0.3, -0.25) is 4.79 Å².